The van der Waals surface area contributed by atoms with Crippen molar-refractivity contribution in [3.8, 4) is 0 Å². The average molecular weight is 279 g/mol. The second-order valence-corrected chi connectivity index (χ2v) is 5.42. The van der Waals surface area contributed by atoms with E-state index in [0.29, 0.717) is 6.07 Å². The van der Waals surface area contributed by atoms with E-state index >= 15 is 0 Å². The molecule has 1 aromatic rings. The molecule has 2 nitrogen and oxygen atoms in total. The SMILES string of the molecule is CC(C)(C)NCC(O)c1cc(F)cc(C(F)(F)F)c1. The Balaban J connectivity index is 2.91. The number of nitrogens with one attached hydrogen (secondary N) is 1. The minimum Gasteiger partial charge on any atom is -0.387 e. The molecule has 0 aliphatic rings. The second-order valence-electron chi connectivity index (χ2n) is 5.42. The topological polar surface area (TPSA) is 32.3 Å². The maximum atomic E-state index is 13.2. The van der Waals surface area contributed by atoms with E-state index < -0.39 is 23.7 Å². The third-order valence-corrected chi connectivity index (χ3v) is 2.46. The van der Waals surface area contributed by atoms with E-state index in [1.807, 2.05) is 20.8 Å². The van der Waals surface area contributed by atoms with E-state index in [0.717, 1.165) is 12.1 Å². The molecule has 0 bridgehead atoms. The van der Waals surface area contributed by atoms with Crippen LogP contribution in [0, 0.1) is 5.82 Å². The third kappa shape index (κ3) is 5.16. The number of benzene rings is 1. The van der Waals surface area contributed by atoms with Crippen LogP contribution in [0.3, 0.4) is 0 Å². The zero-order chi connectivity index (χ0) is 14.8. The fraction of sp³-hybridized carbons (Fsp3) is 0.538. The summed E-state index contributed by atoms with van der Waals surface area (Å²) >= 11 is 0. The van der Waals surface area contributed by atoms with Crippen LogP contribution < -0.4 is 5.32 Å². The summed E-state index contributed by atoms with van der Waals surface area (Å²) in [5, 5.41) is 12.7. The monoisotopic (exact) mass is 279 g/mol. The standard InChI is InChI=1S/C13H17F4NO/c1-12(2,3)18-7-11(19)8-4-9(13(15,16)17)6-10(14)5-8/h4-6,11,18-19H,7H2,1-3H3. The first kappa shape index (κ1) is 15.9. The van der Waals surface area contributed by atoms with Crippen LogP contribution in [0.1, 0.15) is 38.0 Å². The first-order valence-corrected chi connectivity index (χ1v) is 5.80. The predicted molar refractivity (Wildman–Crippen MR) is 64.1 cm³/mol. The smallest absolute Gasteiger partial charge is 0.387 e. The van der Waals surface area contributed by atoms with Crippen molar-refractivity contribution in [3.63, 3.8) is 0 Å². The summed E-state index contributed by atoms with van der Waals surface area (Å²) < 4.78 is 50.7. The number of β-amino-alcohol motifs (C(OH)–C–C–N with tert-alkyl or cyclic N) is 1. The average Bonchev–Trinajstić information content (AvgIpc) is 2.22. The molecule has 0 fully saturated rings. The Morgan fingerprint density at radius 2 is 1.74 bits per heavy atom. The van der Waals surface area contributed by atoms with Crippen LogP contribution in [0.4, 0.5) is 17.6 Å². The van der Waals surface area contributed by atoms with Crippen LogP contribution in [-0.4, -0.2) is 17.2 Å². The molecule has 0 amide bonds. The molecule has 0 saturated carbocycles. The van der Waals surface area contributed by atoms with Crippen molar-refractivity contribution in [2.75, 3.05) is 6.54 Å². The highest BCUT2D eigenvalue weighted by atomic mass is 19.4. The lowest BCUT2D eigenvalue weighted by Crippen LogP contribution is -2.38. The summed E-state index contributed by atoms with van der Waals surface area (Å²) in [7, 11) is 0. The lowest BCUT2D eigenvalue weighted by molar-refractivity contribution is -0.137. The highest BCUT2D eigenvalue weighted by molar-refractivity contribution is 5.28. The number of alkyl halides is 3. The van der Waals surface area contributed by atoms with Crippen molar-refractivity contribution in [3.05, 3.63) is 35.1 Å². The minimum absolute atomic E-state index is 0.0459. The van der Waals surface area contributed by atoms with E-state index in [-0.39, 0.29) is 17.6 Å². The number of rotatable bonds is 3. The maximum absolute atomic E-state index is 13.2. The number of hydrogen-bond donors (Lipinski definition) is 2. The van der Waals surface area contributed by atoms with Crippen LogP contribution in [0.25, 0.3) is 0 Å². The number of halogens is 4. The van der Waals surface area contributed by atoms with E-state index in [1.165, 1.54) is 0 Å². The molecular weight excluding hydrogens is 262 g/mol. The van der Waals surface area contributed by atoms with Crippen LogP contribution in [0.5, 0.6) is 0 Å². The van der Waals surface area contributed by atoms with Crippen LogP contribution in [-0.2, 0) is 6.18 Å². The normalized spacial score (nSPS) is 14.5. The highest BCUT2D eigenvalue weighted by Crippen LogP contribution is 2.31. The van der Waals surface area contributed by atoms with Gasteiger partial charge in [0.05, 0.1) is 11.7 Å². The molecule has 0 radical (unpaired) electrons. The zero-order valence-electron chi connectivity index (χ0n) is 11.0. The molecule has 1 atom stereocenters. The Morgan fingerprint density at radius 1 is 1.16 bits per heavy atom. The fourth-order valence-electron chi connectivity index (χ4n) is 1.49. The Kier molecular flexibility index (Phi) is 4.58. The quantitative estimate of drug-likeness (QED) is 0.832. The predicted octanol–water partition coefficient (Wildman–Crippen LogP) is 3.27. The Hall–Kier alpha value is -1.14. The summed E-state index contributed by atoms with van der Waals surface area (Å²) in [5.74, 6) is -1.01. The van der Waals surface area contributed by atoms with Gasteiger partial charge in [-0.15, -0.1) is 0 Å². The summed E-state index contributed by atoms with van der Waals surface area (Å²) in [6.45, 7) is 5.61. The van der Waals surface area contributed by atoms with Gasteiger partial charge >= 0.3 is 6.18 Å². The molecule has 1 aromatic carbocycles. The van der Waals surface area contributed by atoms with Gasteiger partial charge in [0, 0.05) is 12.1 Å². The molecule has 0 aliphatic heterocycles. The largest absolute Gasteiger partial charge is 0.416 e. The van der Waals surface area contributed by atoms with Gasteiger partial charge in [0.25, 0.3) is 0 Å². The molecule has 0 heterocycles. The molecular formula is C13H17F4NO. The highest BCUT2D eigenvalue weighted by Gasteiger charge is 2.32. The summed E-state index contributed by atoms with van der Waals surface area (Å²) in [6, 6.07) is 2.08. The van der Waals surface area contributed by atoms with Gasteiger partial charge in [0.1, 0.15) is 5.82 Å². The lowest BCUT2D eigenvalue weighted by atomic mass is 10.0. The van der Waals surface area contributed by atoms with Gasteiger partial charge in [0.2, 0.25) is 0 Å². The molecule has 6 heteroatoms. The lowest BCUT2D eigenvalue weighted by Gasteiger charge is -2.23. The summed E-state index contributed by atoms with van der Waals surface area (Å²) in [6.07, 6.45) is -5.83. The molecule has 0 saturated heterocycles. The Labute approximate surface area is 109 Å². The molecule has 1 unspecified atom stereocenters. The first-order chi connectivity index (χ1) is 8.49. The molecule has 1 rings (SSSR count). The Bertz CT molecular complexity index is 437. The van der Waals surface area contributed by atoms with Crippen molar-refractivity contribution >= 4 is 0 Å². The molecule has 0 spiro atoms. The van der Waals surface area contributed by atoms with Gasteiger partial charge in [-0.05, 0) is 44.5 Å². The van der Waals surface area contributed by atoms with Crippen LogP contribution >= 0.6 is 0 Å². The van der Waals surface area contributed by atoms with Crippen molar-refractivity contribution in [2.24, 2.45) is 0 Å². The van der Waals surface area contributed by atoms with Gasteiger partial charge in [-0.2, -0.15) is 13.2 Å². The van der Waals surface area contributed by atoms with Crippen LogP contribution in [0.2, 0.25) is 0 Å². The van der Waals surface area contributed by atoms with Gasteiger partial charge in [-0.1, -0.05) is 0 Å². The molecule has 0 aromatic heterocycles. The number of aliphatic hydroxyl groups is 1. The second kappa shape index (κ2) is 5.46. The summed E-state index contributed by atoms with van der Waals surface area (Å²) in [4.78, 5) is 0. The van der Waals surface area contributed by atoms with Gasteiger partial charge < -0.3 is 10.4 Å². The molecule has 2 N–H and O–H groups in total. The van der Waals surface area contributed by atoms with Gasteiger partial charge in [0.15, 0.2) is 0 Å². The zero-order valence-corrected chi connectivity index (χ0v) is 11.0. The van der Waals surface area contributed by atoms with Crippen LogP contribution in [0.15, 0.2) is 18.2 Å². The van der Waals surface area contributed by atoms with Crippen molar-refractivity contribution < 1.29 is 22.7 Å². The molecule has 0 aliphatic carbocycles. The third-order valence-electron chi connectivity index (χ3n) is 2.46. The van der Waals surface area contributed by atoms with E-state index in [2.05, 4.69) is 5.32 Å². The number of aliphatic hydroxyl groups excluding tert-OH is 1. The number of hydrogen-bond acceptors (Lipinski definition) is 2. The van der Waals surface area contributed by atoms with Crippen molar-refractivity contribution in [2.45, 2.75) is 38.6 Å². The maximum Gasteiger partial charge on any atom is 0.416 e. The minimum atomic E-state index is -4.63. The van der Waals surface area contributed by atoms with Gasteiger partial charge in [-0.3, -0.25) is 0 Å². The van der Waals surface area contributed by atoms with Gasteiger partial charge in [-0.25, -0.2) is 4.39 Å². The van der Waals surface area contributed by atoms with E-state index in [4.69, 9.17) is 0 Å². The Morgan fingerprint density at radius 3 is 2.21 bits per heavy atom. The summed E-state index contributed by atoms with van der Waals surface area (Å²) in [5.41, 5.74) is -1.48. The van der Waals surface area contributed by atoms with E-state index in [1.54, 1.807) is 0 Å². The molecule has 19 heavy (non-hydrogen) atoms. The fourth-order valence-corrected chi connectivity index (χ4v) is 1.49. The van der Waals surface area contributed by atoms with Crippen molar-refractivity contribution in [1.82, 2.24) is 5.32 Å². The van der Waals surface area contributed by atoms with Crippen molar-refractivity contribution in [1.29, 1.82) is 0 Å². The molecule has 108 valence electrons. The van der Waals surface area contributed by atoms with E-state index in [9.17, 15) is 22.7 Å². The first-order valence-electron chi connectivity index (χ1n) is 5.80.